The Balaban J connectivity index is 2.07. The molecule has 0 N–H and O–H groups in total. The Bertz CT molecular complexity index is 425. The highest BCUT2D eigenvalue weighted by molar-refractivity contribution is 5.89. The minimum Gasteiger partial charge on any atom is -0.381 e. The van der Waals surface area contributed by atoms with Gasteiger partial charge < -0.3 is 9.47 Å². The molecule has 110 valence electrons. The third-order valence-corrected chi connectivity index (χ3v) is 4.03. The highest BCUT2D eigenvalue weighted by Gasteiger charge is 2.40. The molecule has 2 rings (SSSR count). The molecule has 1 heterocycles. The Morgan fingerprint density at radius 2 is 1.75 bits per heavy atom. The van der Waals surface area contributed by atoms with Crippen LogP contribution >= 0.6 is 0 Å². The lowest BCUT2D eigenvalue weighted by Crippen LogP contribution is -2.47. The Kier molecular flexibility index (Phi) is 5.32. The standard InChI is InChI=1S/C17H24O3/c1-3-14-5-7-15(8-6-14)13-16(18)17(20-4-2)9-11-19-12-10-17/h5-8H,3-4,9-13H2,1-2H3. The Morgan fingerprint density at radius 1 is 1.15 bits per heavy atom. The number of ketones is 1. The molecule has 20 heavy (non-hydrogen) atoms. The molecule has 3 heteroatoms. The Morgan fingerprint density at radius 3 is 2.30 bits per heavy atom. The summed E-state index contributed by atoms with van der Waals surface area (Å²) >= 11 is 0. The van der Waals surface area contributed by atoms with E-state index in [1.165, 1.54) is 5.56 Å². The highest BCUT2D eigenvalue weighted by atomic mass is 16.5. The summed E-state index contributed by atoms with van der Waals surface area (Å²) in [6.45, 7) is 5.87. The molecule has 0 aromatic heterocycles. The summed E-state index contributed by atoms with van der Waals surface area (Å²) in [6, 6.07) is 8.30. The number of hydrogen-bond donors (Lipinski definition) is 0. The summed E-state index contributed by atoms with van der Waals surface area (Å²) in [5, 5.41) is 0. The summed E-state index contributed by atoms with van der Waals surface area (Å²) in [6.07, 6.45) is 2.82. The van der Waals surface area contributed by atoms with E-state index >= 15 is 0 Å². The van der Waals surface area contributed by atoms with Gasteiger partial charge in [-0.3, -0.25) is 4.79 Å². The van der Waals surface area contributed by atoms with Gasteiger partial charge in [-0.15, -0.1) is 0 Å². The fourth-order valence-corrected chi connectivity index (χ4v) is 2.72. The first kappa shape index (κ1) is 15.2. The Labute approximate surface area is 121 Å². The summed E-state index contributed by atoms with van der Waals surface area (Å²) in [5.74, 6) is 0.187. The smallest absolute Gasteiger partial charge is 0.169 e. The van der Waals surface area contributed by atoms with Crippen LogP contribution < -0.4 is 0 Å². The number of benzene rings is 1. The molecule has 1 fully saturated rings. The van der Waals surface area contributed by atoms with Crippen molar-refractivity contribution in [1.29, 1.82) is 0 Å². The van der Waals surface area contributed by atoms with Crippen LogP contribution in [0, 0.1) is 0 Å². The maximum Gasteiger partial charge on any atom is 0.169 e. The van der Waals surface area contributed by atoms with E-state index in [0.717, 1.165) is 12.0 Å². The topological polar surface area (TPSA) is 35.5 Å². The molecular weight excluding hydrogens is 252 g/mol. The lowest BCUT2D eigenvalue weighted by Gasteiger charge is -2.35. The van der Waals surface area contributed by atoms with Crippen molar-refractivity contribution in [3.63, 3.8) is 0 Å². The van der Waals surface area contributed by atoms with Crippen LogP contribution in [0.1, 0.15) is 37.8 Å². The predicted molar refractivity (Wildman–Crippen MR) is 78.9 cm³/mol. The molecule has 0 bridgehead atoms. The minimum atomic E-state index is -0.629. The van der Waals surface area contributed by atoms with E-state index in [1.54, 1.807) is 0 Å². The second-order valence-electron chi connectivity index (χ2n) is 5.31. The second-order valence-corrected chi connectivity index (χ2v) is 5.31. The van der Waals surface area contributed by atoms with Crippen molar-refractivity contribution in [3.8, 4) is 0 Å². The number of aryl methyl sites for hydroxylation is 1. The quantitative estimate of drug-likeness (QED) is 0.801. The van der Waals surface area contributed by atoms with E-state index in [0.29, 0.717) is 39.1 Å². The number of Topliss-reactive ketones (excluding diaryl/α,β-unsaturated/α-hetero) is 1. The minimum absolute atomic E-state index is 0.187. The SMILES string of the molecule is CCOC1(C(=O)Cc2ccc(CC)cc2)CCOCC1. The summed E-state index contributed by atoms with van der Waals surface area (Å²) < 4.78 is 11.2. The zero-order valence-electron chi connectivity index (χ0n) is 12.5. The Hall–Kier alpha value is -1.19. The van der Waals surface area contributed by atoms with Crippen LogP contribution in [0.3, 0.4) is 0 Å². The molecule has 1 aliphatic heterocycles. The molecule has 1 aromatic carbocycles. The van der Waals surface area contributed by atoms with Gasteiger partial charge in [0.05, 0.1) is 0 Å². The van der Waals surface area contributed by atoms with Crippen molar-refractivity contribution < 1.29 is 14.3 Å². The van der Waals surface area contributed by atoms with Gasteiger partial charge in [0.25, 0.3) is 0 Å². The number of carbonyl (C=O) groups excluding carboxylic acids is 1. The molecule has 1 aliphatic rings. The number of ether oxygens (including phenoxy) is 2. The molecule has 0 aliphatic carbocycles. The highest BCUT2D eigenvalue weighted by Crippen LogP contribution is 2.27. The molecule has 0 atom stereocenters. The fourth-order valence-electron chi connectivity index (χ4n) is 2.72. The van der Waals surface area contributed by atoms with Crippen LogP contribution in [0.4, 0.5) is 0 Å². The van der Waals surface area contributed by atoms with E-state index in [1.807, 2.05) is 6.92 Å². The van der Waals surface area contributed by atoms with Crippen molar-refractivity contribution in [2.75, 3.05) is 19.8 Å². The maximum absolute atomic E-state index is 12.7. The van der Waals surface area contributed by atoms with Crippen LogP contribution in [0.2, 0.25) is 0 Å². The molecule has 0 spiro atoms. The van der Waals surface area contributed by atoms with Crippen molar-refractivity contribution >= 4 is 5.78 Å². The van der Waals surface area contributed by atoms with E-state index < -0.39 is 5.60 Å². The zero-order valence-corrected chi connectivity index (χ0v) is 12.5. The maximum atomic E-state index is 12.7. The molecular formula is C17H24O3. The average molecular weight is 276 g/mol. The lowest BCUT2D eigenvalue weighted by atomic mass is 9.86. The van der Waals surface area contributed by atoms with Crippen LogP contribution in [0.5, 0.6) is 0 Å². The molecule has 0 unspecified atom stereocenters. The molecule has 0 saturated carbocycles. The first-order valence-corrected chi connectivity index (χ1v) is 7.53. The lowest BCUT2D eigenvalue weighted by molar-refractivity contribution is -0.156. The van der Waals surface area contributed by atoms with Gasteiger partial charge in [0.15, 0.2) is 5.78 Å². The third kappa shape index (κ3) is 3.47. The van der Waals surface area contributed by atoms with Crippen molar-refractivity contribution in [2.24, 2.45) is 0 Å². The number of rotatable bonds is 6. The fraction of sp³-hybridized carbons (Fsp3) is 0.588. The van der Waals surface area contributed by atoms with E-state index in [9.17, 15) is 4.79 Å². The first-order valence-electron chi connectivity index (χ1n) is 7.53. The summed E-state index contributed by atoms with van der Waals surface area (Å²) in [4.78, 5) is 12.7. The van der Waals surface area contributed by atoms with Gasteiger partial charge in [0.2, 0.25) is 0 Å². The molecule has 3 nitrogen and oxygen atoms in total. The van der Waals surface area contributed by atoms with Gasteiger partial charge in [-0.25, -0.2) is 0 Å². The molecule has 0 amide bonds. The summed E-state index contributed by atoms with van der Waals surface area (Å²) in [5.41, 5.74) is 1.74. The normalized spacial score (nSPS) is 17.9. The predicted octanol–water partition coefficient (Wildman–Crippen LogP) is 2.95. The van der Waals surface area contributed by atoms with Crippen molar-refractivity contribution in [1.82, 2.24) is 0 Å². The van der Waals surface area contributed by atoms with Gasteiger partial charge >= 0.3 is 0 Å². The van der Waals surface area contributed by atoms with Crippen LogP contribution in [0.25, 0.3) is 0 Å². The third-order valence-electron chi connectivity index (χ3n) is 4.03. The van der Waals surface area contributed by atoms with Gasteiger partial charge in [-0.1, -0.05) is 31.2 Å². The van der Waals surface area contributed by atoms with Gasteiger partial charge in [-0.05, 0) is 24.5 Å². The van der Waals surface area contributed by atoms with Gasteiger partial charge in [0.1, 0.15) is 5.60 Å². The van der Waals surface area contributed by atoms with Gasteiger partial charge in [-0.2, -0.15) is 0 Å². The van der Waals surface area contributed by atoms with Crippen molar-refractivity contribution in [2.45, 2.75) is 45.1 Å². The van der Waals surface area contributed by atoms with Crippen molar-refractivity contribution in [3.05, 3.63) is 35.4 Å². The number of hydrogen-bond acceptors (Lipinski definition) is 3. The average Bonchev–Trinajstić information content (AvgIpc) is 2.49. The van der Waals surface area contributed by atoms with Crippen LogP contribution in [-0.4, -0.2) is 31.2 Å². The van der Waals surface area contributed by atoms with Crippen LogP contribution in [-0.2, 0) is 27.1 Å². The number of carbonyl (C=O) groups is 1. The van der Waals surface area contributed by atoms with E-state index in [4.69, 9.17) is 9.47 Å². The van der Waals surface area contributed by atoms with Crippen LogP contribution in [0.15, 0.2) is 24.3 Å². The monoisotopic (exact) mass is 276 g/mol. The molecule has 0 radical (unpaired) electrons. The van der Waals surface area contributed by atoms with E-state index in [-0.39, 0.29) is 5.78 Å². The first-order chi connectivity index (χ1) is 9.70. The van der Waals surface area contributed by atoms with E-state index in [2.05, 4.69) is 31.2 Å². The van der Waals surface area contributed by atoms with Gasteiger partial charge in [0, 0.05) is 39.1 Å². The largest absolute Gasteiger partial charge is 0.381 e. The second kappa shape index (κ2) is 7.00. The molecule has 1 saturated heterocycles. The molecule has 1 aromatic rings. The summed E-state index contributed by atoms with van der Waals surface area (Å²) in [7, 11) is 0. The zero-order chi connectivity index (χ0) is 14.4.